The van der Waals surface area contributed by atoms with Crippen molar-refractivity contribution in [3.8, 4) is 0 Å². The summed E-state index contributed by atoms with van der Waals surface area (Å²) < 4.78 is 0. The second-order valence-electron chi connectivity index (χ2n) is 5.74. The summed E-state index contributed by atoms with van der Waals surface area (Å²) in [5, 5.41) is 12.4. The number of rotatable bonds is 5. The van der Waals surface area contributed by atoms with Gasteiger partial charge in [0.25, 0.3) is 0 Å². The summed E-state index contributed by atoms with van der Waals surface area (Å²) in [7, 11) is 0. The highest BCUT2D eigenvalue weighted by molar-refractivity contribution is 5.82. The lowest BCUT2D eigenvalue weighted by Gasteiger charge is -2.17. The van der Waals surface area contributed by atoms with Gasteiger partial charge < -0.3 is 10.4 Å². The van der Waals surface area contributed by atoms with Crippen molar-refractivity contribution in [1.82, 2.24) is 10.3 Å². The average molecular weight is 260 g/mol. The van der Waals surface area contributed by atoms with Crippen molar-refractivity contribution in [2.45, 2.75) is 31.7 Å². The first-order valence-corrected chi connectivity index (χ1v) is 7.09. The van der Waals surface area contributed by atoms with Crippen LogP contribution in [0, 0.1) is 17.8 Å². The molecule has 2 saturated carbocycles. The molecule has 1 heterocycles. The number of hydrogen-bond acceptors (Lipinski definition) is 3. The molecule has 2 N–H and O–H groups in total. The Morgan fingerprint density at radius 3 is 2.89 bits per heavy atom. The van der Waals surface area contributed by atoms with Crippen LogP contribution in [-0.2, 0) is 11.2 Å². The maximum absolute atomic E-state index is 12.1. The number of carbonyl (C=O) groups is 1. The predicted octanol–water partition coefficient (Wildman–Crippen LogP) is 1.15. The zero-order valence-electron chi connectivity index (χ0n) is 11.0. The van der Waals surface area contributed by atoms with Crippen LogP contribution < -0.4 is 5.32 Å². The molecule has 4 heteroatoms. The molecule has 0 radical (unpaired) electrons. The van der Waals surface area contributed by atoms with Crippen LogP contribution in [0.1, 0.15) is 24.8 Å². The summed E-state index contributed by atoms with van der Waals surface area (Å²) in [5.41, 5.74) is 1.04. The Hall–Kier alpha value is -1.42. The quantitative estimate of drug-likeness (QED) is 0.834. The van der Waals surface area contributed by atoms with E-state index in [0.717, 1.165) is 5.56 Å². The molecule has 1 amide bonds. The number of hydrogen-bond donors (Lipinski definition) is 2. The SMILES string of the molecule is O=C(N[C@H](CO)Cc1cccnc1)C1[C@H]2CCC[C@H]12. The number of fused-ring (bicyclic) bond motifs is 1. The molecule has 1 aromatic heterocycles. The third-order valence-electron chi connectivity index (χ3n) is 4.48. The molecule has 2 aliphatic carbocycles. The molecule has 3 atom stereocenters. The Balaban J connectivity index is 1.54. The van der Waals surface area contributed by atoms with Gasteiger partial charge in [-0.25, -0.2) is 0 Å². The average Bonchev–Trinajstić information content (AvgIpc) is 2.93. The maximum atomic E-state index is 12.1. The summed E-state index contributed by atoms with van der Waals surface area (Å²) >= 11 is 0. The first kappa shape index (κ1) is 12.6. The summed E-state index contributed by atoms with van der Waals surface area (Å²) in [6.45, 7) is -0.0251. The second-order valence-corrected chi connectivity index (χ2v) is 5.74. The van der Waals surface area contributed by atoms with Crippen molar-refractivity contribution in [3.05, 3.63) is 30.1 Å². The van der Waals surface area contributed by atoms with Gasteiger partial charge in [-0.3, -0.25) is 9.78 Å². The predicted molar refractivity (Wildman–Crippen MR) is 71.3 cm³/mol. The zero-order chi connectivity index (χ0) is 13.2. The zero-order valence-corrected chi connectivity index (χ0v) is 11.0. The largest absolute Gasteiger partial charge is 0.394 e. The molecule has 3 rings (SSSR count). The van der Waals surface area contributed by atoms with Gasteiger partial charge in [-0.1, -0.05) is 12.5 Å². The summed E-state index contributed by atoms with van der Waals surface area (Å²) in [6.07, 6.45) is 7.82. The maximum Gasteiger partial charge on any atom is 0.223 e. The lowest BCUT2D eigenvalue weighted by molar-refractivity contribution is -0.124. The fraction of sp³-hybridized carbons (Fsp3) is 0.600. The first-order chi connectivity index (χ1) is 9.29. The normalized spacial score (nSPS) is 29.6. The van der Waals surface area contributed by atoms with Gasteiger partial charge in [0.1, 0.15) is 0 Å². The Morgan fingerprint density at radius 1 is 1.47 bits per heavy atom. The number of aromatic nitrogens is 1. The van der Waals surface area contributed by atoms with Crippen molar-refractivity contribution >= 4 is 5.91 Å². The Morgan fingerprint density at radius 2 is 2.26 bits per heavy atom. The van der Waals surface area contributed by atoms with Gasteiger partial charge in [0.15, 0.2) is 0 Å². The molecular formula is C15H20N2O2. The van der Waals surface area contributed by atoms with Crippen molar-refractivity contribution in [2.24, 2.45) is 17.8 Å². The Bertz CT molecular complexity index is 439. The molecule has 0 bridgehead atoms. The van der Waals surface area contributed by atoms with Crippen LogP contribution in [0.4, 0.5) is 0 Å². The Labute approximate surface area is 113 Å². The highest BCUT2D eigenvalue weighted by atomic mass is 16.3. The fourth-order valence-corrected chi connectivity index (χ4v) is 3.47. The third kappa shape index (κ3) is 2.63. The molecule has 0 spiro atoms. The van der Waals surface area contributed by atoms with Crippen LogP contribution in [0.2, 0.25) is 0 Å². The molecule has 4 nitrogen and oxygen atoms in total. The van der Waals surface area contributed by atoms with Crippen molar-refractivity contribution < 1.29 is 9.90 Å². The van der Waals surface area contributed by atoms with Crippen LogP contribution in [0.5, 0.6) is 0 Å². The van der Waals surface area contributed by atoms with E-state index in [-0.39, 0.29) is 24.5 Å². The summed E-state index contributed by atoms with van der Waals surface area (Å²) in [6, 6.07) is 3.64. The number of nitrogens with zero attached hydrogens (tertiary/aromatic N) is 1. The standard InChI is InChI=1S/C15H20N2O2/c18-9-11(7-10-3-2-6-16-8-10)17-15(19)14-12-4-1-5-13(12)14/h2-3,6,8,11-14,18H,1,4-5,7,9H2,(H,17,19)/t11-,12-,13-/m0/s1. The van der Waals surface area contributed by atoms with Crippen molar-refractivity contribution in [2.75, 3.05) is 6.61 Å². The first-order valence-electron chi connectivity index (χ1n) is 7.09. The van der Waals surface area contributed by atoms with Gasteiger partial charge in [-0.2, -0.15) is 0 Å². The fourth-order valence-electron chi connectivity index (χ4n) is 3.47. The number of aliphatic hydroxyl groups is 1. The van der Waals surface area contributed by atoms with Gasteiger partial charge in [0.05, 0.1) is 12.6 Å². The molecule has 0 unspecified atom stereocenters. The van der Waals surface area contributed by atoms with E-state index in [2.05, 4.69) is 10.3 Å². The van der Waals surface area contributed by atoms with Crippen LogP contribution in [-0.4, -0.2) is 28.6 Å². The minimum Gasteiger partial charge on any atom is -0.394 e. The van der Waals surface area contributed by atoms with Crippen molar-refractivity contribution in [1.29, 1.82) is 0 Å². The van der Waals surface area contributed by atoms with Gasteiger partial charge >= 0.3 is 0 Å². The van der Waals surface area contributed by atoms with E-state index in [1.165, 1.54) is 19.3 Å². The van der Waals surface area contributed by atoms with Crippen LogP contribution in [0.25, 0.3) is 0 Å². The number of carbonyl (C=O) groups excluding carboxylic acids is 1. The second kappa shape index (κ2) is 5.29. The lowest BCUT2D eigenvalue weighted by Crippen LogP contribution is -2.40. The highest BCUT2D eigenvalue weighted by Crippen LogP contribution is 2.57. The molecular weight excluding hydrogens is 240 g/mol. The molecule has 102 valence electrons. The lowest BCUT2D eigenvalue weighted by atomic mass is 10.1. The minimum atomic E-state index is -0.196. The molecule has 2 fully saturated rings. The molecule has 19 heavy (non-hydrogen) atoms. The van der Waals surface area contributed by atoms with E-state index >= 15 is 0 Å². The minimum absolute atomic E-state index is 0.0251. The van der Waals surface area contributed by atoms with Crippen molar-refractivity contribution in [3.63, 3.8) is 0 Å². The Kier molecular flexibility index (Phi) is 3.51. The number of amides is 1. The van der Waals surface area contributed by atoms with Gasteiger partial charge in [0, 0.05) is 18.3 Å². The van der Waals surface area contributed by atoms with E-state index in [0.29, 0.717) is 18.3 Å². The van der Waals surface area contributed by atoms with Crippen LogP contribution >= 0.6 is 0 Å². The van der Waals surface area contributed by atoms with E-state index < -0.39 is 0 Å². The number of aliphatic hydroxyl groups excluding tert-OH is 1. The molecule has 0 aromatic carbocycles. The topological polar surface area (TPSA) is 62.2 Å². The monoisotopic (exact) mass is 260 g/mol. The van der Waals surface area contributed by atoms with E-state index in [4.69, 9.17) is 0 Å². The smallest absolute Gasteiger partial charge is 0.223 e. The van der Waals surface area contributed by atoms with Crippen LogP contribution in [0.15, 0.2) is 24.5 Å². The molecule has 1 aromatic rings. The van der Waals surface area contributed by atoms with Gasteiger partial charge in [0.2, 0.25) is 5.91 Å². The molecule has 0 saturated heterocycles. The van der Waals surface area contributed by atoms with Crippen LogP contribution in [0.3, 0.4) is 0 Å². The van der Waals surface area contributed by atoms with E-state index in [1.807, 2.05) is 12.1 Å². The molecule has 0 aliphatic heterocycles. The summed E-state index contributed by atoms with van der Waals surface area (Å²) in [5.74, 6) is 1.60. The summed E-state index contributed by atoms with van der Waals surface area (Å²) in [4.78, 5) is 16.2. The third-order valence-corrected chi connectivity index (χ3v) is 4.48. The molecule has 2 aliphatic rings. The van der Waals surface area contributed by atoms with Gasteiger partial charge in [-0.05, 0) is 42.7 Å². The van der Waals surface area contributed by atoms with Gasteiger partial charge in [-0.15, -0.1) is 0 Å². The van der Waals surface area contributed by atoms with E-state index in [1.54, 1.807) is 12.4 Å². The number of nitrogens with one attached hydrogen (secondary N) is 1. The number of pyridine rings is 1. The van der Waals surface area contributed by atoms with E-state index in [9.17, 15) is 9.90 Å². The highest BCUT2D eigenvalue weighted by Gasteiger charge is 2.56.